The zero-order chi connectivity index (χ0) is 16.8. The van der Waals surface area contributed by atoms with Crippen molar-refractivity contribution in [2.75, 3.05) is 24.7 Å². The molecule has 1 amide bonds. The molecule has 6 heteroatoms. The average molecular weight is 337 g/mol. The van der Waals surface area contributed by atoms with Gasteiger partial charge in [-0.2, -0.15) is 11.8 Å². The number of benzene rings is 1. The van der Waals surface area contributed by atoms with Crippen LogP contribution in [0.2, 0.25) is 0 Å². The molecule has 1 aromatic carbocycles. The molecule has 1 aromatic rings. The van der Waals surface area contributed by atoms with Crippen molar-refractivity contribution in [2.45, 2.75) is 32.2 Å². The van der Waals surface area contributed by atoms with Crippen LogP contribution >= 0.6 is 11.8 Å². The van der Waals surface area contributed by atoms with E-state index in [-0.39, 0.29) is 25.0 Å². The van der Waals surface area contributed by atoms with Crippen LogP contribution < -0.4 is 4.74 Å². The number of aliphatic carboxylic acids is 1. The molecule has 1 aliphatic heterocycles. The maximum Gasteiger partial charge on any atom is 0.305 e. The third-order valence-corrected chi connectivity index (χ3v) is 4.96. The van der Waals surface area contributed by atoms with Crippen LogP contribution in [0.3, 0.4) is 0 Å². The average Bonchev–Trinajstić information content (AvgIpc) is 2.53. The molecule has 1 atom stereocenters. The highest BCUT2D eigenvalue weighted by molar-refractivity contribution is 7.99. The fourth-order valence-electron chi connectivity index (χ4n) is 2.53. The van der Waals surface area contributed by atoms with Crippen molar-refractivity contribution in [3.8, 4) is 5.75 Å². The minimum absolute atomic E-state index is 0.0121. The Hall–Kier alpha value is -1.69. The molecule has 0 bridgehead atoms. The highest BCUT2D eigenvalue weighted by atomic mass is 32.2. The van der Waals surface area contributed by atoms with Crippen LogP contribution in [0.5, 0.6) is 5.75 Å². The van der Waals surface area contributed by atoms with Crippen LogP contribution in [0.1, 0.15) is 31.7 Å². The van der Waals surface area contributed by atoms with E-state index in [9.17, 15) is 9.59 Å². The quantitative estimate of drug-likeness (QED) is 0.864. The molecule has 126 valence electrons. The first-order chi connectivity index (χ1) is 11.0. The summed E-state index contributed by atoms with van der Waals surface area (Å²) in [5.41, 5.74) is 1.22. The fraction of sp³-hybridized carbons (Fsp3) is 0.529. The summed E-state index contributed by atoms with van der Waals surface area (Å²) in [6.45, 7) is 4.77. The van der Waals surface area contributed by atoms with Gasteiger partial charge < -0.3 is 14.7 Å². The van der Waals surface area contributed by atoms with Gasteiger partial charge in [0.15, 0.2) is 6.61 Å². The molecular weight excluding hydrogens is 314 g/mol. The van der Waals surface area contributed by atoms with Gasteiger partial charge in [-0.25, -0.2) is 0 Å². The molecule has 0 radical (unpaired) electrons. The number of hydrogen-bond acceptors (Lipinski definition) is 4. The lowest BCUT2D eigenvalue weighted by molar-refractivity contribution is -0.141. The van der Waals surface area contributed by atoms with E-state index >= 15 is 0 Å². The van der Waals surface area contributed by atoms with Crippen LogP contribution in [0.4, 0.5) is 0 Å². The molecule has 1 aliphatic rings. The molecule has 1 saturated heterocycles. The number of carboxylic acid groups (broad SMARTS) is 1. The van der Waals surface area contributed by atoms with E-state index < -0.39 is 5.97 Å². The van der Waals surface area contributed by atoms with Gasteiger partial charge in [-0.3, -0.25) is 9.59 Å². The maximum absolute atomic E-state index is 12.3. The predicted molar refractivity (Wildman–Crippen MR) is 91.1 cm³/mol. The lowest BCUT2D eigenvalue weighted by Crippen LogP contribution is -2.48. The molecule has 23 heavy (non-hydrogen) atoms. The lowest BCUT2D eigenvalue weighted by atomic mass is 10.0. The molecule has 5 nitrogen and oxygen atoms in total. The third kappa shape index (κ3) is 5.16. The van der Waals surface area contributed by atoms with E-state index in [0.717, 1.165) is 5.75 Å². The van der Waals surface area contributed by atoms with Gasteiger partial charge in [0.1, 0.15) is 5.75 Å². The van der Waals surface area contributed by atoms with Gasteiger partial charge in [-0.1, -0.05) is 26.0 Å². The summed E-state index contributed by atoms with van der Waals surface area (Å²) in [5, 5.41) is 8.97. The number of nitrogens with zero attached hydrogens (tertiary/aromatic N) is 1. The Kier molecular flexibility index (Phi) is 6.33. The standard InChI is InChI=1S/C17H23NO4S/c1-12(2)13-3-5-15(6-4-13)22-10-16(19)18-7-8-23-11-14(18)9-17(20)21/h3-6,12,14H,7-11H2,1-2H3,(H,20,21). The Morgan fingerprint density at radius 1 is 1.35 bits per heavy atom. The number of thioether (sulfide) groups is 1. The van der Waals surface area contributed by atoms with Crippen LogP contribution in [0, 0.1) is 0 Å². The molecular formula is C17H23NO4S. The van der Waals surface area contributed by atoms with E-state index in [4.69, 9.17) is 9.84 Å². The van der Waals surface area contributed by atoms with Crippen molar-refractivity contribution in [1.29, 1.82) is 0 Å². The second kappa shape index (κ2) is 8.24. The molecule has 0 aliphatic carbocycles. The normalized spacial score (nSPS) is 18.0. The second-order valence-electron chi connectivity index (χ2n) is 5.93. The summed E-state index contributed by atoms with van der Waals surface area (Å²) in [6, 6.07) is 7.47. The van der Waals surface area contributed by atoms with E-state index in [1.165, 1.54) is 5.56 Å². The summed E-state index contributed by atoms with van der Waals surface area (Å²) in [6.07, 6.45) is -0.0121. The zero-order valence-corrected chi connectivity index (χ0v) is 14.3. The summed E-state index contributed by atoms with van der Waals surface area (Å²) in [7, 11) is 0. The van der Waals surface area contributed by atoms with Crippen LogP contribution in [0.25, 0.3) is 0 Å². The van der Waals surface area contributed by atoms with Crippen LogP contribution in [-0.4, -0.2) is 52.6 Å². The van der Waals surface area contributed by atoms with E-state index in [1.54, 1.807) is 16.7 Å². The van der Waals surface area contributed by atoms with Gasteiger partial charge in [0, 0.05) is 18.1 Å². The molecule has 0 aromatic heterocycles. The van der Waals surface area contributed by atoms with Crippen molar-refractivity contribution < 1.29 is 19.4 Å². The number of carbonyl (C=O) groups excluding carboxylic acids is 1. The lowest BCUT2D eigenvalue weighted by Gasteiger charge is -2.34. The summed E-state index contributed by atoms with van der Waals surface area (Å²) < 4.78 is 5.56. The molecule has 1 N–H and O–H groups in total. The van der Waals surface area contributed by atoms with Crippen molar-refractivity contribution >= 4 is 23.6 Å². The van der Waals surface area contributed by atoms with Crippen molar-refractivity contribution in [3.05, 3.63) is 29.8 Å². The number of hydrogen-bond donors (Lipinski definition) is 1. The monoisotopic (exact) mass is 337 g/mol. The first-order valence-corrected chi connectivity index (χ1v) is 8.94. The number of carboxylic acids is 1. The van der Waals surface area contributed by atoms with E-state index in [1.807, 2.05) is 24.3 Å². The summed E-state index contributed by atoms with van der Waals surface area (Å²) in [4.78, 5) is 24.9. The first-order valence-electron chi connectivity index (χ1n) is 7.79. The number of carbonyl (C=O) groups is 2. The summed E-state index contributed by atoms with van der Waals surface area (Å²) in [5.74, 6) is 1.59. The topological polar surface area (TPSA) is 66.8 Å². The Morgan fingerprint density at radius 2 is 2.04 bits per heavy atom. The second-order valence-corrected chi connectivity index (χ2v) is 7.08. The molecule has 0 spiro atoms. The highest BCUT2D eigenvalue weighted by Gasteiger charge is 2.28. The minimum atomic E-state index is -0.875. The Morgan fingerprint density at radius 3 is 2.65 bits per heavy atom. The van der Waals surface area contributed by atoms with Gasteiger partial charge in [-0.15, -0.1) is 0 Å². The Balaban J connectivity index is 1.90. The van der Waals surface area contributed by atoms with Gasteiger partial charge >= 0.3 is 5.97 Å². The third-order valence-electron chi connectivity index (χ3n) is 3.87. The fourth-order valence-corrected chi connectivity index (χ4v) is 3.59. The number of amides is 1. The van der Waals surface area contributed by atoms with Gasteiger partial charge in [0.2, 0.25) is 0 Å². The SMILES string of the molecule is CC(C)c1ccc(OCC(=O)N2CCSCC2CC(=O)O)cc1. The van der Waals surface area contributed by atoms with Crippen molar-refractivity contribution in [1.82, 2.24) is 4.90 Å². The van der Waals surface area contributed by atoms with Crippen LogP contribution in [-0.2, 0) is 9.59 Å². The Bertz CT molecular complexity index is 544. The largest absolute Gasteiger partial charge is 0.484 e. The summed E-state index contributed by atoms with van der Waals surface area (Å²) >= 11 is 1.69. The van der Waals surface area contributed by atoms with Gasteiger partial charge in [-0.05, 0) is 23.6 Å². The van der Waals surface area contributed by atoms with Gasteiger partial charge in [0.05, 0.1) is 12.5 Å². The van der Waals surface area contributed by atoms with Gasteiger partial charge in [0.25, 0.3) is 5.91 Å². The van der Waals surface area contributed by atoms with E-state index in [2.05, 4.69) is 13.8 Å². The smallest absolute Gasteiger partial charge is 0.305 e. The van der Waals surface area contributed by atoms with E-state index in [0.29, 0.717) is 24.0 Å². The molecule has 0 saturated carbocycles. The first kappa shape index (κ1) is 17.7. The number of rotatable bonds is 6. The minimum Gasteiger partial charge on any atom is -0.484 e. The zero-order valence-electron chi connectivity index (χ0n) is 13.5. The highest BCUT2D eigenvalue weighted by Crippen LogP contribution is 2.21. The predicted octanol–water partition coefficient (Wildman–Crippen LogP) is 2.61. The van der Waals surface area contributed by atoms with Crippen molar-refractivity contribution in [2.24, 2.45) is 0 Å². The molecule has 1 unspecified atom stereocenters. The Labute approximate surface area is 141 Å². The molecule has 1 fully saturated rings. The molecule has 1 heterocycles. The van der Waals surface area contributed by atoms with Crippen molar-refractivity contribution in [3.63, 3.8) is 0 Å². The maximum atomic E-state index is 12.3. The number of ether oxygens (including phenoxy) is 1. The molecule has 2 rings (SSSR count). The van der Waals surface area contributed by atoms with Crippen LogP contribution in [0.15, 0.2) is 24.3 Å².